The molecule has 1 amide bonds. The van der Waals surface area contributed by atoms with Crippen molar-refractivity contribution in [2.24, 2.45) is 0 Å². The van der Waals surface area contributed by atoms with E-state index in [0.29, 0.717) is 5.56 Å². The SMILES string of the molecule is COc1ccc(C(=O)NC2CCCCCCC2)cc1S(=O)(=O)NC(C)C. The van der Waals surface area contributed by atoms with Gasteiger partial charge in [0.05, 0.1) is 7.11 Å². The molecule has 146 valence electrons. The van der Waals surface area contributed by atoms with Crippen molar-refractivity contribution < 1.29 is 17.9 Å². The van der Waals surface area contributed by atoms with E-state index in [0.717, 1.165) is 25.7 Å². The lowest BCUT2D eigenvalue weighted by molar-refractivity contribution is 0.0930. The Hall–Kier alpha value is -1.60. The number of amides is 1. The Kier molecular flexibility index (Phi) is 7.46. The van der Waals surface area contributed by atoms with Crippen LogP contribution < -0.4 is 14.8 Å². The highest BCUT2D eigenvalue weighted by Crippen LogP contribution is 2.25. The van der Waals surface area contributed by atoms with Crippen molar-refractivity contribution in [3.63, 3.8) is 0 Å². The van der Waals surface area contributed by atoms with Crippen molar-refractivity contribution >= 4 is 15.9 Å². The van der Waals surface area contributed by atoms with E-state index in [2.05, 4.69) is 10.0 Å². The number of ether oxygens (including phenoxy) is 1. The maximum Gasteiger partial charge on any atom is 0.251 e. The molecule has 2 rings (SSSR count). The number of carbonyl (C=O) groups is 1. The molecule has 0 saturated heterocycles. The van der Waals surface area contributed by atoms with Crippen molar-refractivity contribution in [1.82, 2.24) is 10.0 Å². The molecule has 7 heteroatoms. The molecule has 2 N–H and O–H groups in total. The first kappa shape index (κ1) is 20.7. The molecule has 1 aromatic rings. The average molecular weight is 383 g/mol. The summed E-state index contributed by atoms with van der Waals surface area (Å²) in [5.74, 6) is -0.0140. The van der Waals surface area contributed by atoms with Crippen LogP contribution >= 0.6 is 0 Å². The monoisotopic (exact) mass is 382 g/mol. The Balaban J connectivity index is 2.21. The molecule has 0 bridgehead atoms. The molecule has 0 aromatic heterocycles. The number of sulfonamides is 1. The fraction of sp³-hybridized carbons (Fsp3) is 0.632. The fourth-order valence-corrected chi connectivity index (χ4v) is 4.72. The highest BCUT2D eigenvalue weighted by atomic mass is 32.2. The number of methoxy groups -OCH3 is 1. The minimum absolute atomic E-state index is 0.0148. The Labute approximate surface area is 156 Å². The first-order valence-corrected chi connectivity index (χ1v) is 10.8. The second kappa shape index (κ2) is 9.37. The number of nitrogens with one attached hydrogen (secondary N) is 2. The number of benzene rings is 1. The van der Waals surface area contributed by atoms with Crippen molar-refractivity contribution in [2.45, 2.75) is 75.8 Å². The van der Waals surface area contributed by atoms with Crippen molar-refractivity contribution in [1.29, 1.82) is 0 Å². The van der Waals surface area contributed by atoms with Crippen LogP contribution in [0.15, 0.2) is 23.1 Å². The lowest BCUT2D eigenvalue weighted by Crippen LogP contribution is -2.35. The molecule has 0 aliphatic heterocycles. The molecule has 26 heavy (non-hydrogen) atoms. The fourth-order valence-electron chi connectivity index (χ4n) is 3.27. The topological polar surface area (TPSA) is 84.5 Å². The van der Waals surface area contributed by atoms with Crippen LogP contribution in [0.4, 0.5) is 0 Å². The maximum atomic E-state index is 12.6. The minimum atomic E-state index is -3.76. The van der Waals surface area contributed by atoms with Gasteiger partial charge >= 0.3 is 0 Å². The summed E-state index contributed by atoms with van der Waals surface area (Å²) in [5, 5.41) is 3.06. The zero-order chi connectivity index (χ0) is 19.2. The molecule has 0 heterocycles. The third-order valence-electron chi connectivity index (χ3n) is 4.55. The highest BCUT2D eigenvalue weighted by Gasteiger charge is 2.23. The largest absolute Gasteiger partial charge is 0.495 e. The Morgan fingerprint density at radius 1 is 1.12 bits per heavy atom. The van der Waals surface area contributed by atoms with E-state index < -0.39 is 10.0 Å². The lowest BCUT2D eigenvalue weighted by atomic mass is 9.96. The van der Waals surface area contributed by atoms with Crippen LogP contribution in [-0.4, -0.2) is 33.5 Å². The smallest absolute Gasteiger partial charge is 0.251 e. The third kappa shape index (κ3) is 5.71. The zero-order valence-corrected chi connectivity index (χ0v) is 16.7. The van der Waals surface area contributed by atoms with E-state index in [1.807, 2.05) is 0 Å². The lowest BCUT2D eigenvalue weighted by Gasteiger charge is -2.21. The molecule has 1 aromatic carbocycles. The molecular formula is C19H30N2O4S. The third-order valence-corrected chi connectivity index (χ3v) is 6.23. The maximum absolute atomic E-state index is 12.6. The van der Waals surface area contributed by atoms with E-state index in [4.69, 9.17) is 4.74 Å². The van der Waals surface area contributed by atoms with Gasteiger partial charge < -0.3 is 10.1 Å². The van der Waals surface area contributed by atoms with E-state index in [1.165, 1.54) is 38.5 Å². The van der Waals surface area contributed by atoms with E-state index in [9.17, 15) is 13.2 Å². The number of hydrogen-bond acceptors (Lipinski definition) is 4. The van der Waals surface area contributed by atoms with E-state index >= 15 is 0 Å². The minimum Gasteiger partial charge on any atom is -0.495 e. The van der Waals surface area contributed by atoms with Gasteiger partial charge in [-0.05, 0) is 44.9 Å². The van der Waals surface area contributed by atoms with Crippen molar-refractivity contribution in [2.75, 3.05) is 7.11 Å². The molecule has 1 aliphatic carbocycles. The molecular weight excluding hydrogens is 352 g/mol. The first-order valence-electron chi connectivity index (χ1n) is 9.34. The van der Waals surface area contributed by atoms with Crippen LogP contribution in [0.5, 0.6) is 5.75 Å². The quantitative estimate of drug-likeness (QED) is 0.791. The van der Waals surface area contributed by atoms with Crippen LogP contribution in [-0.2, 0) is 10.0 Å². The Morgan fingerprint density at radius 3 is 2.31 bits per heavy atom. The normalized spacial score (nSPS) is 16.8. The van der Waals surface area contributed by atoms with Crippen LogP contribution in [0.2, 0.25) is 0 Å². The predicted octanol–water partition coefficient (Wildman–Crippen LogP) is 3.22. The summed E-state index contributed by atoms with van der Waals surface area (Å²) in [5.41, 5.74) is 0.331. The summed E-state index contributed by atoms with van der Waals surface area (Å²) in [7, 11) is -2.34. The summed E-state index contributed by atoms with van der Waals surface area (Å²) in [6.45, 7) is 3.49. The van der Waals surface area contributed by atoms with Gasteiger partial charge in [-0.25, -0.2) is 13.1 Å². The van der Waals surface area contributed by atoms with Crippen LogP contribution in [0, 0.1) is 0 Å². The number of hydrogen-bond donors (Lipinski definition) is 2. The molecule has 1 fully saturated rings. The molecule has 0 radical (unpaired) electrons. The van der Waals surface area contributed by atoms with Gasteiger partial charge in [0, 0.05) is 17.6 Å². The van der Waals surface area contributed by atoms with Gasteiger partial charge in [0.1, 0.15) is 10.6 Å². The molecule has 0 spiro atoms. The first-order chi connectivity index (χ1) is 12.3. The van der Waals surface area contributed by atoms with Gasteiger partial charge in [-0.3, -0.25) is 4.79 Å². The second-order valence-electron chi connectivity index (χ2n) is 7.16. The highest BCUT2D eigenvalue weighted by molar-refractivity contribution is 7.89. The van der Waals surface area contributed by atoms with Gasteiger partial charge in [-0.1, -0.05) is 32.1 Å². The summed E-state index contributed by atoms with van der Waals surface area (Å²) in [6, 6.07) is 4.42. The van der Waals surface area contributed by atoms with Crippen LogP contribution in [0.1, 0.15) is 69.2 Å². The number of rotatable bonds is 6. The standard InChI is InChI=1S/C19H30N2O4S/c1-14(2)21-26(23,24)18-13-15(11-12-17(18)25-3)19(22)20-16-9-7-5-4-6-8-10-16/h11-14,16,21H,4-10H2,1-3H3,(H,20,22). The average Bonchev–Trinajstić information content (AvgIpc) is 2.55. The molecule has 0 unspecified atom stereocenters. The van der Waals surface area contributed by atoms with Crippen molar-refractivity contribution in [3.8, 4) is 5.75 Å². The summed E-state index contributed by atoms with van der Waals surface area (Å²) in [4.78, 5) is 12.6. The summed E-state index contributed by atoms with van der Waals surface area (Å²) in [6.07, 6.45) is 7.86. The van der Waals surface area contributed by atoms with Gasteiger partial charge in [-0.15, -0.1) is 0 Å². The summed E-state index contributed by atoms with van der Waals surface area (Å²) >= 11 is 0. The molecule has 0 atom stereocenters. The van der Waals surface area contributed by atoms with Crippen LogP contribution in [0.3, 0.4) is 0 Å². The second-order valence-corrected chi connectivity index (χ2v) is 8.84. The van der Waals surface area contributed by atoms with Crippen molar-refractivity contribution in [3.05, 3.63) is 23.8 Å². The Bertz CT molecular complexity index is 708. The van der Waals surface area contributed by atoms with Gasteiger partial charge in [-0.2, -0.15) is 0 Å². The molecule has 1 saturated carbocycles. The van der Waals surface area contributed by atoms with Crippen LogP contribution in [0.25, 0.3) is 0 Å². The molecule has 1 aliphatic rings. The van der Waals surface area contributed by atoms with Gasteiger partial charge in [0.25, 0.3) is 5.91 Å². The molecule has 6 nitrogen and oxygen atoms in total. The van der Waals surface area contributed by atoms with E-state index in [1.54, 1.807) is 19.9 Å². The summed E-state index contributed by atoms with van der Waals surface area (Å²) < 4.78 is 32.8. The number of carbonyl (C=O) groups excluding carboxylic acids is 1. The zero-order valence-electron chi connectivity index (χ0n) is 15.9. The van der Waals surface area contributed by atoms with Gasteiger partial charge in [0.2, 0.25) is 10.0 Å². The predicted molar refractivity (Wildman–Crippen MR) is 102 cm³/mol. The van der Waals surface area contributed by atoms with E-state index in [-0.39, 0.29) is 28.6 Å². The Morgan fingerprint density at radius 2 is 1.73 bits per heavy atom. The van der Waals surface area contributed by atoms with Gasteiger partial charge in [0.15, 0.2) is 0 Å².